The van der Waals surface area contributed by atoms with E-state index in [1.54, 1.807) is 45.0 Å². The maximum Gasteiger partial charge on any atom is 0.260 e. The molecule has 0 spiro atoms. The highest BCUT2D eigenvalue weighted by atomic mass is 35.5. The third kappa shape index (κ3) is 4.94. The van der Waals surface area contributed by atoms with Crippen molar-refractivity contribution >= 4 is 17.5 Å². The van der Waals surface area contributed by atoms with Crippen molar-refractivity contribution in [3.05, 3.63) is 29.3 Å². The fraction of sp³-hybridized carbons (Fsp3) is 0.462. The molecule has 0 fully saturated rings. The summed E-state index contributed by atoms with van der Waals surface area (Å²) in [6, 6.07) is 6.96. The third-order valence-corrected chi connectivity index (χ3v) is 2.52. The van der Waals surface area contributed by atoms with Crippen LogP contribution in [0.1, 0.15) is 20.8 Å². The van der Waals surface area contributed by atoms with Gasteiger partial charge in [0.25, 0.3) is 5.91 Å². The van der Waals surface area contributed by atoms with E-state index in [1.165, 1.54) is 0 Å². The summed E-state index contributed by atoms with van der Waals surface area (Å²) in [6.45, 7) is 5.03. The maximum atomic E-state index is 11.7. The Labute approximate surface area is 112 Å². The van der Waals surface area contributed by atoms with Gasteiger partial charge in [0.05, 0.1) is 10.6 Å². The SMILES string of the molecule is CC(Oc1ccccc1Cl)C(=O)NCC(C)(C)O. The lowest BCUT2D eigenvalue weighted by atomic mass is 10.1. The fourth-order valence-corrected chi connectivity index (χ4v) is 1.41. The van der Waals surface area contributed by atoms with Crippen LogP contribution in [-0.4, -0.2) is 29.3 Å². The summed E-state index contributed by atoms with van der Waals surface area (Å²) in [4.78, 5) is 11.7. The van der Waals surface area contributed by atoms with Crippen LogP contribution in [0.2, 0.25) is 5.02 Å². The highest BCUT2D eigenvalue weighted by molar-refractivity contribution is 6.32. The van der Waals surface area contributed by atoms with E-state index in [2.05, 4.69) is 5.32 Å². The lowest BCUT2D eigenvalue weighted by Crippen LogP contribution is -2.43. The Morgan fingerprint density at radius 1 is 1.50 bits per heavy atom. The van der Waals surface area contributed by atoms with Gasteiger partial charge in [-0.05, 0) is 32.9 Å². The molecule has 1 amide bonds. The largest absolute Gasteiger partial charge is 0.479 e. The van der Waals surface area contributed by atoms with Crippen molar-refractivity contribution in [2.45, 2.75) is 32.5 Å². The summed E-state index contributed by atoms with van der Waals surface area (Å²) in [5.41, 5.74) is -0.945. The molecule has 18 heavy (non-hydrogen) atoms. The molecule has 2 N–H and O–H groups in total. The van der Waals surface area contributed by atoms with Gasteiger partial charge in [0.2, 0.25) is 0 Å². The maximum absolute atomic E-state index is 11.7. The molecule has 0 aliphatic rings. The molecule has 1 aromatic carbocycles. The zero-order valence-corrected chi connectivity index (χ0v) is 11.5. The molecule has 1 unspecified atom stereocenters. The zero-order chi connectivity index (χ0) is 13.8. The molecular weight excluding hydrogens is 254 g/mol. The Morgan fingerprint density at radius 2 is 2.11 bits per heavy atom. The van der Waals surface area contributed by atoms with Gasteiger partial charge in [-0.2, -0.15) is 0 Å². The Balaban J connectivity index is 2.53. The molecule has 0 saturated carbocycles. The Bertz CT molecular complexity index is 415. The van der Waals surface area contributed by atoms with Crippen LogP contribution in [0.5, 0.6) is 5.75 Å². The van der Waals surface area contributed by atoms with E-state index >= 15 is 0 Å². The lowest BCUT2D eigenvalue weighted by molar-refractivity contribution is -0.128. The summed E-state index contributed by atoms with van der Waals surface area (Å²) >= 11 is 5.93. The second-order valence-electron chi connectivity index (χ2n) is 4.72. The number of carbonyl (C=O) groups excluding carboxylic acids is 1. The first-order valence-electron chi connectivity index (χ1n) is 5.71. The predicted molar refractivity (Wildman–Crippen MR) is 70.8 cm³/mol. The second-order valence-corrected chi connectivity index (χ2v) is 5.13. The minimum absolute atomic E-state index is 0.169. The predicted octanol–water partition coefficient (Wildman–Crippen LogP) is 1.99. The third-order valence-electron chi connectivity index (χ3n) is 2.20. The number of nitrogens with one attached hydrogen (secondary N) is 1. The van der Waals surface area contributed by atoms with Gasteiger partial charge in [0.15, 0.2) is 6.10 Å². The van der Waals surface area contributed by atoms with E-state index in [-0.39, 0.29) is 12.5 Å². The average Bonchev–Trinajstić information content (AvgIpc) is 2.28. The van der Waals surface area contributed by atoms with E-state index in [4.69, 9.17) is 16.3 Å². The molecule has 5 heteroatoms. The molecule has 0 aliphatic heterocycles. The van der Waals surface area contributed by atoms with Crippen LogP contribution in [0.4, 0.5) is 0 Å². The van der Waals surface area contributed by atoms with Gasteiger partial charge in [-0.3, -0.25) is 4.79 Å². The molecule has 1 rings (SSSR count). The number of para-hydroxylation sites is 1. The number of carbonyl (C=O) groups is 1. The number of halogens is 1. The summed E-state index contributed by atoms with van der Waals surface area (Å²) in [6.07, 6.45) is -0.674. The minimum Gasteiger partial charge on any atom is -0.479 e. The number of hydrogen-bond donors (Lipinski definition) is 2. The summed E-state index contributed by atoms with van der Waals surface area (Å²) in [7, 11) is 0. The van der Waals surface area contributed by atoms with Crippen LogP contribution in [0, 0.1) is 0 Å². The monoisotopic (exact) mass is 271 g/mol. The number of ether oxygens (including phenoxy) is 1. The molecule has 0 heterocycles. The molecule has 100 valence electrons. The highest BCUT2D eigenvalue weighted by Crippen LogP contribution is 2.24. The quantitative estimate of drug-likeness (QED) is 0.861. The van der Waals surface area contributed by atoms with Crippen molar-refractivity contribution < 1.29 is 14.6 Å². The van der Waals surface area contributed by atoms with Crippen LogP contribution in [0.3, 0.4) is 0 Å². The van der Waals surface area contributed by atoms with Gasteiger partial charge in [0.1, 0.15) is 5.75 Å². The van der Waals surface area contributed by atoms with E-state index < -0.39 is 11.7 Å². The first-order chi connectivity index (χ1) is 8.29. The normalized spacial score (nSPS) is 12.9. The molecule has 0 saturated heterocycles. The van der Waals surface area contributed by atoms with Crippen molar-refractivity contribution in [1.29, 1.82) is 0 Å². The van der Waals surface area contributed by atoms with Crippen molar-refractivity contribution in [3.63, 3.8) is 0 Å². The standard InChI is InChI=1S/C13H18ClNO3/c1-9(12(16)15-8-13(2,3)17)18-11-7-5-4-6-10(11)14/h4-7,9,17H,8H2,1-3H3,(H,15,16). The first-order valence-corrected chi connectivity index (χ1v) is 6.08. The molecule has 0 bridgehead atoms. The second kappa shape index (κ2) is 6.07. The lowest BCUT2D eigenvalue weighted by Gasteiger charge is -2.20. The molecule has 0 aliphatic carbocycles. The van der Waals surface area contributed by atoms with Crippen molar-refractivity contribution in [2.75, 3.05) is 6.54 Å². The molecule has 0 aromatic heterocycles. The van der Waals surface area contributed by atoms with Crippen LogP contribution >= 0.6 is 11.6 Å². The Hall–Kier alpha value is -1.26. The number of rotatable bonds is 5. The zero-order valence-electron chi connectivity index (χ0n) is 10.7. The molecule has 4 nitrogen and oxygen atoms in total. The molecule has 1 atom stereocenters. The summed E-state index contributed by atoms with van der Waals surface area (Å²) < 4.78 is 5.45. The Morgan fingerprint density at radius 3 is 2.67 bits per heavy atom. The van der Waals surface area contributed by atoms with Gasteiger partial charge in [-0.25, -0.2) is 0 Å². The van der Waals surface area contributed by atoms with Crippen molar-refractivity contribution in [3.8, 4) is 5.75 Å². The number of hydrogen-bond acceptors (Lipinski definition) is 3. The number of amides is 1. The number of benzene rings is 1. The van der Waals surface area contributed by atoms with Crippen molar-refractivity contribution in [1.82, 2.24) is 5.32 Å². The van der Waals surface area contributed by atoms with Gasteiger partial charge in [-0.1, -0.05) is 23.7 Å². The Kier molecular flexibility index (Phi) is 4.99. The van der Waals surface area contributed by atoms with Crippen LogP contribution in [0.25, 0.3) is 0 Å². The van der Waals surface area contributed by atoms with E-state index in [9.17, 15) is 9.90 Å². The van der Waals surface area contributed by atoms with E-state index in [1.807, 2.05) is 0 Å². The minimum atomic E-state index is -0.945. The van der Waals surface area contributed by atoms with Crippen molar-refractivity contribution in [2.24, 2.45) is 0 Å². The molecular formula is C13H18ClNO3. The summed E-state index contributed by atoms with van der Waals surface area (Å²) in [5.74, 6) is 0.169. The fourth-order valence-electron chi connectivity index (χ4n) is 1.23. The average molecular weight is 272 g/mol. The van der Waals surface area contributed by atoms with E-state index in [0.717, 1.165) is 0 Å². The molecule has 1 aromatic rings. The van der Waals surface area contributed by atoms with Gasteiger partial charge >= 0.3 is 0 Å². The van der Waals surface area contributed by atoms with Gasteiger partial charge in [-0.15, -0.1) is 0 Å². The van der Waals surface area contributed by atoms with Gasteiger partial charge < -0.3 is 15.2 Å². The summed E-state index contributed by atoms with van der Waals surface area (Å²) in [5, 5.41) is 12.6. The van der Waals surface area contributed by atoms with Crippen LogP contribution in [-0.2, 0) is 4.79 Å². The van der Waals surface area contributed by atoms with Crippen LogP contribution < -0.4 is 10.1 Å². The molecule has 0 radical (unpaired) electrons. The smallest absolute Gasteiger partial charge is 0.260 e. The topological polar surface area (TPSA) is 58.6 Å². The van der Waals surface area contributed by atoms with E-state index in [0.29, 0.717) is 10.8 Å². The van der Waals surface area contributed by atoms with Crippen LogP contribution in [0.15, 0.2) is 24.3 Å². The first kappa shape index (κ1) is 14.8. The number of aliphatic hydroxyl groups is 1. The highest BCUT2D eigenvalue weighted by Gasteiger charge is 2.19. The van der Waals surface area contributed by atoms with Gasteiger partial charge in [0, 0.05) is 6.54 Å².